The highest BCUT2D eigenvalue weighted by molar-refractivity contribution is 6.30. The van der Waals surface area contributed by atoms with Crippen molar-refractivity contribution < 1.29 is 19.4 Å². The van der Waals surface area contributed by atoms with Crippen molar-refractivity contribution in [2.45, 2.75) is 50.6 Å². The minimum absolute atomic E-state index is 0.0386. The molecule has 0 saturated carbocycles. The minimum Gasteiger partial charge on any atom is -0.465 e. The quantitative estimate of drug-likeness (QED) is 0.189. The van der Waals surface area contributed by atoms with Crippen LogP contribution in [-0.2, 0) is 28.9 Å². The van der Waals surface area contributed by atoms with Gasteiger partial charge in [-0.25, -0.2) is 9.78 Å². The first-order valence-electron chi connectivity index (χ1n) is 14.9. The predicted octanol–water partition coefficient (Wildman–Crippen LogP) is 6.17. The normalized spacial score (nSPS) is 16.6. The number of carbonyl (C=O) groups excluding carboxylic acids is 1. The van der Waals surface area contributed by atoms with Crippen LogP contribution in [0.4, 0.5) is 4.79 Å². The molecule has 3 aromatic carbocycles. The fourth-order valence-corrected chi connectivity index (χ4v) is 6.35. The summed E-state index contributed by atoms with van der Waals surface area (Å²) in [5.74, 6) is 0.444. The number of halogens is 1. The molecule has 226 valence electrons. The van der Waals surface area contributed by atoms with Gasteiger partial charge in [0.05, 0.1) is 17.0 Å². The summed E-state index contributed by atoms with van der Waals surface area (Å²) < 4.78 is 7.60. The van der Waals surface area contributed by atoms with Crippen molar-refractivity contribution in [2.24, 2.45) is 5.92 Å². The topological polar surface area (TPSA) is 96.7 Å². The van der Waals surface area contributed by atoms with Gasteiger partial charge in [0.1, 0.15) is 5.82 Å². The molecule has 2 heterocycles. The largest absolute Gasteiger partial charge is 0.465 e. The molecule has 4 aromatic rings. The van der Waals surface area contributed by atoms with Gasteiger partial charge in [-0.1, -0.05) is 66.2 Å². The predicted molar refractivity (Wildman–Crippen MR) is 169 cm³/mol. The molecule has 0 bridgehead atoms. The number of amides is 2. The molecule has 1 aromatic heterocycles. The van der Waals surface area contributed by atoms with Crippen molar-refractivity contribution in [3.8, 4) is 0 Å². The van der Waals surface area contributed by atoms with E-state index in [0.29, 0.717) is 37.6 Å². The Bertz CT molecular complexity index is 1510. The van der Waals surface area contributed by atoms with Gasteiger partial charge < -0.3 is 24.6 Å². The van der Waals surface area contributed by atoms with Gasteiger partial charge in [0.2, 0.25) is 5.91 Å². The van der Waals surface area contributed by atoms with Gasteiger partial charge in [0, 0.05) is 50.3 Å². The number of rotatable bonds is 12. The number of hydrogen-bond acceptors (Lipinski definition) is 4. The fourth-order valence-electron chi connectivity index (χ4n) is 6.23. The first kappa shape index (κ1) is 30.6. The summed E-state index contributed by atoms with van der Waals surface area (Å²) >= 11 is 6.11. The second kappa shape index (κ2) is 14.5. The maximum absolute atomic E-state index is 14.4. The minimum atomic E-state index is -1.15. The number of methoxy groups -OCH3 is 1. The smallest absolute Gasteiger partial charge is 0.404 e. The van der Waals surface area contributed by atoms with E-state index >= 15 is 0 Å². The number of nitrogens with zero attached hydrogens (tertiary/aromatic N) is 3. The summed E-state index contributed by atoms with van der Waals surface area (Å²) in [5.41, 5.74) is 3.94. The Morgan fingerprint density at radius 3 is 2.49 bits per heavy atom. The molecule has 1 aliphatic heterocycles. The molecule has 9 heteroatoms. The third-order valence-corrected chi connectivity index (χ3v) is 8.54. The first-order chi connectivity index (χ1) is 20.9. The lowest BCUT2D eigenvalue weighted by Crippen LogP contribution is -2.51. The summed E-state index contributed by atoms with van der Waals surface area (Å²) in [5, 5.41) is 13.1. The molecule has 2 N–H and O–H groups in total. The van der Waals surface area contributed by atoms with E-state index in [-0.39, 0.29) is 11.8 Å². The van der Waals surface area contributed by atoms with Gasteiger partial charge in [0.25, 0.3) is 0 Å². The number of aromatic nitrogens is 2. The van der Waals surface area contributed by atoms with Gasteiger partial charge in [-0.05, 0) is 67.5 Å². The van der Waals surface area contributed by atoms with E-state index in [1.165, 1.54) is 0 Å². The number of carbonyl (C=O) groups is 2. The molecular formula is C34H39ClN4O4. The van der Waals surface area contributed by atoms with E-state index in [1.54, 1.807) is 19.2 Å². The number of likely N-dealkylation sites (tertiary alicyclic amines) is 1. The van der Waals surface area contributed by atoms with E-state index in [0.717, 1.165) is 53.8 Å². The molecular weight excluding hydrogens is 564 g/mol. The summed E-state index contributed by atoms with van der Waals surface area (Å²) in [6.07, 6.45) is 2.30. The number of para-hydroxylation sites is 2. The molecule has 0 aliphatic carbocycles. The first-order valence-corrected chi connectivity index (χ1v) is 15.3. The standard InChI is InChI=1S/C34H39ClN4O4/c1-43-20-8-19-39-31-13-6-5-12-29(31)36-32(39)26-11-7-18-38(23-26)33(40)28(21-24-9-3-2-4-10-24)30(37-34(41)42)22-25-14-16-27(35)17-15-25/h2-6,9-10,12-17,26,28,30,37H,7-8,11,18-23H2,1H3,(H,41,42)/t26-,28+,30?/m1/s1. The number of benzene rings is 3. The SMILES string of the molecule is COCCCn1c([C@@H]2CCCN(C(=O)[C@@H](Cc3ccccc3)C(Cc3ccc(Cl)cc3)NC(=O)O)C2)nc2ccccc21. The number of hydrogen-bond donors (Lipinski definition) is 2. The molecule has 1 unspecified atom stereocenters. The number of imidazole rings is 1. The monoisotopic (exact) mass is 602 g/mol. The Labute approximate surface area is 257 Å². The van der Waals surface area contributed by atoms with Crippen LogP contribution in [0.5, 0.6) is 0 Å². The van der Waals surface area contributed by atoms with Gasteiger partial charge in [0.15, 0.2) is 0 Å². The average molecular weight is 603 g/mol. The number of fused-ring (bicyclic) bond motifs is 1. The Hall–Kier alpha value is -3.88. The van der Waals surface area contributed by atoms with Crippen LogP contribution in [0.15, 0.2) is 78.9 Å². The van der Waals surface area contributed by atoms with Gasteiger partial charge in [-0.3, -0.25) is 4.79 Å². The van der Waals surface area contributed by atoms with Crippen molar-refractivity contribution in [3.05, 3.63) is 101 Å². The molecule has 3 atom stereocenters. The Morgan fingerprint density at radius 1 is 1.02 bits per heavy atom. The maximum atomic E-state index is 14.4. The van der Waals surface area contributed by atoms with Crippen LogP contribution in [0, 0.1) is 5.92 Å². The third kappa shape index (κ3) is 7.75. The summed E-state index contributed by atoms with van der Waals surface area (Å²) in [7, 11) is 1.71. The van der Waals surface area contributed by atoms with Crippen molar-refractivity contribution >= 4 is 34.6 Å². The second-order valence-electron chi connectivity index (χ2n) is 11.3. The van der Waals surface area contributed by atoms with Crippen LogP contribution in [0.3, 0.4) is 0 Å². The number of nitrogens with one attached hydrogen (secondary N) is 1. The van der Waals surface area contributed by atoms with Gasteiger partial charge in [-0.15, -0.1) is 0 Å². The number of piperidine rings is 1. The molecule has 43 heavy (non-hydrogen) atoms. The van der Waals surface area contributed by atoms with E-state index < -0.39 is 18.1 Å². The van der Waals surface area contributed by atoms with Gasteiger partial charge in [-0.2, -0.15) is 0 Å². The Balaban J connectivity index is 1.43. The highest BCUT2D eigenvalue weighted by Gasteiger charge is 2.36. The molecule has 2 amide bonds. The number of carboxylic acid groups (broad SMARTS) is 1. The molecule has 1 aliphatic rings. The lowest BCUT2D eigenvalue weighted by Gasteiger charge is -2.37. The Morgan fingerprint density at radius 2 is 1.74 bits per heavy atom. The third-order valence-electron chi connectivity index (χ3n) is 8.29. The van der Waals surface area contributed by atoms with Gasteiger partial charge >= 0.3 is 6.09 Å². The van der Waals surface area contributed by atoms with E-state index in [9.17, 15) is 14.7 Å². The van der Waals surface area contributed by atoms with Crippen LogP contribution >= 0.6 is 11.6 Å². The zero-order chi connectivity index (χ0) is 30.2. The lowest BCUT2D eigenvalue weighted by molar-refractivity contribution is -0.137. The van der Waals surface area contributed by atoms with Crippen molar-refractivity contribution in [3.63, 3.8) is 0 Å². The van der Waals surface area contributed by atoms with E-state index in [4.69, 9.17) is 21.3 Å². The summed E-state index contributed by atoms with van der Waals surface area (Å²) in [4.78, 5) is 33.4. The maximum Gasteiger partial charge on any atom is 0.404 e. The molecule has 0 radical (unpaired) electrons. The summed E-state index contributed by atoms with van der Waals surface area (Å²) in [6, 6.07) is 24.7. The number of ether oxygens (including phenoxy) is 1. The number of aryl methyl sites for hydroxylation is 1. The van der Waals surface area contributed by atoms with Crippen molar-refractivity contribution in [2.75, 3.05) is 26.8 Å². The summed E-state index contributed by atoms with van der Waals surface area (Å²) in [6.45, 7) is 2.62. The molecule has 0 spiro atoms. The zero-order valence-corrected chi connectivity index (χ0v) is 25.2. The van der Waals surface area contributed by atoms with E-state index in [2.05, 4.69) is 16.0 Å². The van der Waals surface area contributed by atoms with Crippen LogP contribution in [-0.4, -0.2) is 64.4 Å². The molecule has 1 fully saturated rings. The second-order valence-corrected chi connectivity index (χ2v) is 11.7. The van der Waals surface area contributed by atoms with Crippen molar-refractivity contribution in [1.29, 1.82) is 0 Å². The molecule has 8 nitrogen and oxygen atoms in total. The average Bonchev–Trinajstić information content (AvgIpc) is 3.39. The fraction of sp³-hybridized carbons (Fsp3) is 0.382. The molecule has 5 rings (SSSR count). The molecule has 1 saturated heterocycles. The zero-order valence-electron chi connectivity index (χ0n) is 24.5. The lowest BCUT2D eigenvalue weighted by atomic mass is 9.86. The van der Waals surface area contributed by atoms with Crippen LogP contribution < -0.4 is 5.32 Å². The van der Waals surface area contributed by atoms with Crippen LogP contribution in [0.25, 0.3) is 11.0 Å². The Kier molecular flexibility index (Phi) is 10.3. The van der Waals surface area contributed by atoms with E-state index in [1.807, 2.05) is 65.6 Å². The highest BCUT2D eigenvalue weighted by Crippen LogP contribution is 2.31. The van der Waals surface area contributed by atoms with Crippen LogP contribution in [0.2, 0.25) is 5.02 Å². The van der Waals surface area contributed by atoms with Crippen LogP contribution in [0.1, 0.15) is 42.1 Å². The van der Waals surface area contributed by atoms with Crippen molar-refractivity contribution in [1.82, 2.24) is 19.8 Å². The highest BCUT2D eigenvalue weighted by atomic mass is 35.5.